The van der Waals surface area contributed by atoms with Crippen LogP contribution in [-0.4, -0.2) is 12.5 Å². The second-order valence-electron chi connectivity index (χ2n) is 5.02. The Morgan fingerprint density at radius 3 is 2.74 bits per heavy atom. The standard InChI is InChI=1S/C16H22N2O/c1-12(2)10-16(19)18-13(3)15-8-4-6-14(11-15)7-5-9-17/h4,6,8,11-13H,9-10,17H2,1-3H3,(H,18,19). The van der Waals surface area contributed by atoms with Gasteiger partial charge < -0.3 is 11.1 Å². The van der Waals surface area contributed by atoms with E-state index in [2.05, 4.69) is 17.2 Å². The van der Waals surface area contributed by atoms with Crippen LogP contribution in [0.15, 0.2) is 24.3 Å². The highest BCUT2D eigenvalue weighted by Gasteiger charge is 2.10. The molecular formula is C16H22N2O. The molecule has 1 rings (SSSR count). The van der Waals surface area contributed by atoms with Crippen LogP contribution < -0.4 is 11.1 Å². The maximum absolute atomic E-state index is 11.7. The van der Waals surface area contributed by atoms with Crippen molar-refractivity contribution in [3.63, 3.8) is 0 Å². The van der Waals surface area contributed by atoms with E-state index in [1.807, 2.05) is 45.0 Å². The molecule has 0 bridgehead atoms. The van der Waals surface area contributed by atoms with Gasteiger partial charge in [0, 0.05) is 12.0 Å². The fourth-order valence-electron chi connectivity index (χ4n) is 1.79. The van der Waals surface area contributed by atoms with Gasteiger partial charge in [0.1, 0.15) is 0 Å². The number of nitrogens with one attached hydrogen (secondary N) is 1. The van der Waals surface area contributed by atoms with Gasteiger partial charge in [-0.1, -0.05) is 37.8 Å². The smallest absolute Gasteiger partial charge is 0.220 e. The van der Waals surface area contributed by atoms with Gasteiger partial charge in [-0.15, -0.1) is 0 Å². The van der Waals surface area contributed by atoms with Crippen LogP contribution in [0.4, 0.5) is 0 Å². The van der Waals surface area contributed by atoms with Crippen molar-refractivity contribution in [2.45, 2.75) is 33.2 Å². The summed E-state index contributed by atoms with van der Waals surface area (Å²) in [7, 11) is 0. The van der Waals surface area contributed by atoms with Crippen molar-refractivity contribution in [2.24, 2.45) is 11.7 Å². The Balaban J connectivity index is 2.71. The van der Waals surface area contributed by atoms with Crippen molar-refractivity contribution in [2.75, 3.05) is 6.54 Å². The van der Waals surface area contributed by atoms with Gasteiger partial charge in [-0.05, 0) is 30.5 Å². The topological polar surface area (TPSA) is 55.1 Å². The maximum atomic E-state index is 11.7. The molecule has 1 atom stereocenters. The lowest BCUT2D eigenvalue weighted by Crippen LogP contribution is -2.27. The van der Waals surface area contributed by atoms with E-state index in [1.165, 1.54) is 0 Å². The van der Waals surface area contributed by atoms with Crippen LogP contribution in [0.2, 0.25) is 0 Å². The molecule has 3 nitrogen and oxygen atoms in total. The third-order valence-corrected chi connectivity index (χ3v) is 2.69. The van der Waals surface area contributed by atoms with Crippen molar-refractivity contribution in [1.29, 1.82) is 0 Å². The van der Waals surface area contributed by atoms with Gasteiger partial charge in [-0.25, -0.2) is 0 Å². The van der Waals surface area contributed by atoms with Gasteiger partial charge in [-0.3, -0.25) is 4.79 Å². The zero-order valence-corrected chi connectivity index (χ0v) is 11.9. The minimum Gasteiger partial charge on any atom is -0.350 e. The monoisotopic (exact) mass is 258 g/mol. The third-order valence-electron chi connectivity index (χ3n) is 2.69. The van der Waals surface area contributed by atoms with Gasteiger partial charge in [-0.2, -0.15) is 0 Å². The quantitative estimate of drug-likeness (QED) is 0.814. The van der Waals surface area contributed by atoms with E-state index >= 15 is 0 Å². The number of hydrogen-bond donors (Lipinski definition) is 2. The first kappa shape index (κ1) is 15.3. The molecule has 0 aliphatic carbocycles. The van der Waals surface area contributed by atoms with Gasteiger partial charge in [0.15, 0.2) is 0 Å². The predicted octanol–water partition coefficient (Wildman–Crippen LogP) is 2.22. The molecule has 0 saturated heterocycles. The zero-order chi connectivity index (χ0) is 14.3. The molecule has 1 aromatic rings. The van der Waals surface area contributed by atoms with Crippen molar-refractivity contribution < 1.29 is 4.79 Å². The minimum atomic E-state index is -0.00845. The Labute approximate surface area is 115 Å². The van der Waals surface area contributed by atoms with Crippen LogP contribution in [0.1, 0.15) is 44.4 Å². The van der Waals surface area contributed by atoms with E-state index < -0.39 is 0 Å². The Bertz CT molecular complexity index is 483. The Kier molecular flexibility index (Phi) is 6.11. The Hall–Kier alpha value is -1.79. The molecule has 0 heterocycles. The molecule has 1 amide bonds. The van der Waals surface area contributed by atoms with Crippen LogP contribution in [-0.2, 0) is 4.79 Å². The average Bonchev–Trinajstić information content (AvgIpc) is 2.35. The van der Waals surface area contributed by atoms with Crippen molar-refractivity contribution in [3.05, 3.63) is 35.4 Å². The second kappa shape index (κ2) is 7.60. The SMILES string of the molecule is CC(C)CC(=O)NC(C)c1cccc(C#CCN)c1. The second-order valence-corrected chi connectivity index (χ2v) is 5.02. The first-order chi connectivity index (χ1) is 9.02. The molecule has 0 saturated carbocycles. The molecule has 0 fully saturated rings. The van der Waals surface area contributed by atoms with Crippen LogP contribution in [0.5, 0.6) is 0 Å². The fraction of sp³-hybridized carbons (Fsp3) is 0.438. The van der Waals surface area contributed by atoms with Crippen LogP contribution in [0, 0.1) is 17.8 Å². The first-order valence-electron chi connectivity index (χ1n) is 6.61. The highest BCUT2D eigenvalue weighted by molar-refractivity contribution is 5.76. The van der Waals surface area contributed by atoms with Gasteiger partial charge >= 0.3 is 0 Å². The summed E-state index contributed by atoms with van der Waals surface area (Å²) in [5, 5.41) is 3.00. The minimum absolute atomic E-state index is 0.00845. The lowest BCUT2D eigenvalue weighted by molar-refractivity contribution is -0.122. The van der Waals surface area contributed by atoms with E-state index in [4.69, 9.17) is 5.73 Å². The molecule has 1 unspecified atom stereocenters. The molecule has 1 aromatic carbocycles. The van der Waals surface area contributed by atoms with E-state index in [-0.39, 0.29) is 11.9 Å². The Morgan fingerprint density at radius 2 is 2.11 bits per heavy atom. The lowest BCUT2D eigenvalue weighted by Gasteiger charge is -2.15. The molecular weight excluding hydrogens is 236 g/mol. The number of nitrogens with two attached hydrogens (primary N) is 1. The summed E-state index contributed by atoms with van der Waals surface area (Å²) in [4.78, 5) is 11.7. The van der Waals surface area contributed by atoms with Crippen molar-refractivity contribution in [1.82, 2.24) is 5.32 Å². The fourth-order valence-corrected chi connectivity index (χ4v) is 1.79. The van der Waals surface area contributed by atoms with Crippen LogP contribution >= 0.6 is 0 Å². The van der Waals surface area contributed by atoms with E-state index in [1.54, 1.807) is 0 Å². The molecule has 0 aliphatic rings. The largest absolute Gasteiger partial charge is 0.350 e. The Morgan fingerprint density at radius 1 is 1.37 bits per heavy atom. The maximum Gasteiger partial charge on any atom is 0.220 e. The zero-order valence-electron chi connectivity index (χ0n) is 11.9. The highest BCUT2D eigenvalue weighted by Crippen LogP contribution is 2.14. The number of benzene rings is 1. The number of rotatable bonds is 4. The molecule has 3 heteroatoms. The normalized spacial score (nSPS) is 11.6. The summed E-state index contributed by atoms with van der Waals surface area (Å²) in [5.74, 6) is 6.28. The molecule has 0 aliphatic heterocycles. The molecule has 0 radical (unpaired) electrons. The van der Waals surface area contributed by atoms with E-state index in [9.17, 15) is 4.79 Å². The predicted molar refractivity (Wildman–Crippen MR) is 78.4 cm³/mol. The van der Waals surface area contributed by atoms with Gasteiger partial charge in [0.05, 0.1) is 12.6 Å². The molecule has 0 spiro atoms. The third kappa shape index (κ3) is 5.58. The van der Waals surface area contributed by atoms with Gasteiger partial charge in [0.2, 0.25) is 5.91 Å². The first-order valence-corrected chi connectivity index (χ1v) is 6.61. The van der Waals surface area contributed by atoms with Crippen LogP contribution in [0.3, 0.4) is 0 Å². The van der Waals surface area contributed by atoms with Crippen molar-refractivity contribution >= 4 is 5.91 Å². The number of carbonyl (C=O) groups is 1. The summed E-state index contributed by atoms with van der Waals surface area (Å²) >= 11 is 0. The van der Waals surface area contributed by atoms with Crippen molar-refractivity contribution in [3.8, 4) is 11.8 Å². The summed E-state index contributed by atoms with van der Waals surface area (Å²) in [5.41, 5.74) is 7.34. The molecule has 0 aromatic heterocycles. The number of carbonyl (C=O) groups excluding carboxylic acids is 1. The summed E-state index contributed by atoms with van der Waals surface area (Å²) < 4.78 is 0. The summed E-state index contributed by atoms with van der Waals surface area (Å²) in [6.45, 7) is 6.40. The summed E-state index contributed by atoms with van der Waals surface area (Å²) in [6, 6.07) is 7.86. The van der Waals surface area contributed by atoms with Gasteiger partial charge in [0.25, 0.3) is 0 Å². The van der Waals surface area contributed by atoms with E-state index in [0.717, 1.165) is 11.1 Å². The highest BCUT2D eigenvalue weighted by atomic mass is 16.1. The molecule has 102 valence electrons. The summed E-state index contributed by atoms with van der Waals surface area (Å²) in [6.07, 6.45) is 0.553. The van der Waals surface area contributed by atoms with Crippen LogP contribution in [0.25, 0.3) is 0 Å². The van der Waals surface area contributed by atoms with E-state index in [0.29, 0.717) is 18.9 Å². The average molecular weight is 258 g/mol. The lowest BCUT2D eigenvalue weighted by atomic mass is 10.0. The molecule has 3 N–H and O–H groups in total. The number of amides is 1. The number of hydrogen-bond acceptors (Lipinski definition) is 2. The molecule has 19 heavy (non-hydrogen) atoms.